The Morgan fingerprint density at radius 3 is 1.62 bits per heavy atom. The molecule has 0 heterocycles. The first-order valence-electron chi connectivity index (χ1n) is 10.2. The standard InChI is InChI=1S/C28H27P/c1-20-11-3-6-14-23(20)25-16-8-5-13-22(25)19-28(29)27-18-10-9-17-26(27)24-15-7-4-12-21(24)2/h3-18,28H,19,29H2,1-2H3. The maximum atomic E-state index is 3.09. The summed E-state index contributed by atoms with van der Waals surface area (Å²) in [4.78, 5) is 0. The normalized spacial score (nSPS) is 12.0. The number of hydrogen-bond acceptors (Lipinski definition) is 0. The Kier molecular flexibility index (Phi) is 5.93. The summed E-state index contributed by atoms with van der Waals surface area (Å²) in [5.41, 5.74) is 11.1. The maximum Gasteiger partial charge on any atom is 0.00320 e. The third kappa shape index (κ3) is 4.19. The first-order chi connectivity index (χ1) is 14.1. The monoisotopic (exact) mass is 394 g/mol. The summed E-state index contributed by atoms with van der Waals surface area (Å²) >= 11 is 0. The molecule has 29 heavy (non-hydrogen) atoms. The van der Waals surface area contributed by atoms with Crippen LogP contribution in [0.4, 0.5) is 0 Å². The zero-order valence-corrected chi connectivity index (χ0v) is 18.3. The van der Waals surface area contributed by atoms with Gasteiger partial charge in [-0.05, 0) is 64.8 Å². The minimum absolute atomic E-state index is 0.343. The molecule has 4 aromatic carbocycles. The lowest BCUT2D eigenvalue weighted by atomic mass is 9.89. The van der Waals surface area contributed by atoms with Crippen LogP contribution in [-0.4, -0.2) is 0 Å². The van der Waals surface area contributed by atoms with Gasteiger partial charge in [-0.1, -0.05) is 97.1 Å². The summed E-state index contributed by atoms with van der Waals surface area (Å²) in [7, 11) is 3.09. The smallest absolute Gasteiger partial charge is 0.00320 e. The molecule has 0 radical (unpaired) electrons. The summed E-state index contributed by atoms with van der Waals surface area (Å²) in [6.45, 7) is 4.38. The molecule has 0 nitrogen and oxygen atoms in total. The van der Waals surface area contributed by atoms with Crippen LogP contribution in [0.1, 0.15) is 27.9 Å². The van der Waals surface area contributed by atoms with Gasteiger partial charge in [-0.15, -0.1) is 9.24 Å². The van der Waals surface area contributed by atoms with Crippen molar-refractivity contribution in [3.63, 3.8) is 0 Å². The van der Waals surface area contributed by atoms with Crippen molar-refractivity contribution in [2.45, 2.75) is 25.9 Å². The second kappa shape index (κ2) is 8.76. The molecule has 0 amide bonds. The molecule has 0 aliphatic carbocycles. The van der Waals surface area contributed by atoms with Crippen LogP contribution in [0.25, 0.3) is 22.3 Å². The molecule has 0 aliphatic rings. The molecule has 0 saturated heterocycles. The van der Waals surface area contributed by atoms with Crippen LogP contribution >= 0.6 is 9.24 Å². The van der Waals surface area contributed by atoms with Gasteiger partial charge in [0.25, 0.3) is 0 Å². The van der Waals surface area contributed by atoms with Gasteiger partial charge in [0.2, 0.25) is 0 Å². The first kappa shape index (κ1) is 19.6. The minimum atomic E-state index is 0.343. The van der Waals surface area contributed by atoms with E-state index in [1.54, 1.807) is 0 Å². The van der Waals surface area contributed by atoms with Gasteiger partial charge in [-0.2, -0.15) is 0 Å². The molecule has 1 heteroatoms. The molecule has 2 atom stereocenters. The van der Waals surface area contributed by atoms with Gasteiger partial charge >= 0.3 is 0 Å². The van der Waals surface area contributed by atoms with Gasteiger partial charge in [-0.25, -0.2) is 0 Å². The molecule has 4 rings (SSSR count). The van der Waals surface area contributed by atoms with E-state index >= 15 is 0 Å². The van der Waals surface area contributed by atoms with Crippen molar-refractivity contribution in [1.82, 2.24) is 0 Å². The Morgan fingerprint density at radius 2 is 1.00 bits per heavy atom. The zero-order chi connectivity index (χ0) is 20.2. The predicted molar refractivity (Wildman–Crippen MR) is 129 cm³/mol. The van der Waals surface area contributed by atoms with Gasteiger partial charge in [0, 0.05) is 5.66 Å². The van der Waals surface area contributed by atoms with E-state index in [9.17, 15) is 0 Å². The molecule has 0 fully saturated rings. The molecule has 0 aromatic heterocycles. The topological polar surface area (TPSA) is 0 Å². The Morgan fingerprint density at radius 1 is 0.552 bits per heavy atom. The predicted octanol–water partition coefficient (Wildman–Crippen LogP) is 7.80. The maximum absolute atomic E-state index is 3.09. The van der Waals surface area contributed by atoms with Crippen molar-refractivity contribution in [2.75, 3.05) is 0 Å². The lowest BCUT2D eigenvalue weighted by Crippen LogP contribution is -2.00. The summed E-state index contributed by atoms with van der Waals surface area (Å²) in [6.07, 6.45) is 0.984. The zero-order valence-electron chi connectivity index (χ0n) is 17.1. The molecule has 144 valence electrons. The highest BCUT2D eigenvalue weighted by atomic mass is 31.0. The summed E-state index contributed by atoms with van der Waals surface area (Å²) in [5, 5.41) is 0. The van der Waals surface area contributed by atoms with E-state index in [4.69, 9.17) is 0 Å². The first-order valence-corrected chi connectivity index (χ1v) is 10.9. The van der Waals surface area contributed by atoms with E-state index in [0.717, 1.165) is 6.42 Å². The van der Waals surface area contributed by atoms with Gasteiger partial charge in [0.15, 0.2) is 0 Å². The van der Waals surface area contributed by atoms with Crippen molar-refractivity contribution < 1.29 is 0 Å². The Labute approximate surface area is 176 Å². The van der Waals surface area contributed by atoms with Crippen molar-refractivity contribution in [3.05, 3.63) is 119 Å². The molecule has 0 aliphatic heterocycles. The molecule has 4 aromatic rings. The van der Waals surface area contributed by atoms with Crippen molar-refractivity contribution >= 4 is 9.24 Å². The molecule has 0 bridgehead atoms. The number of aryl methyl sites for hydroxylation is 2. The molecule has 2 unspecified atom stereocenters. The van der Waals surface area contributed by atoms with Crippen molar-refractivity contribution in [3.8, 4) is 22.3 Å². The third-order valence-electron chi connectivity index (χ3n) is 5.69. The molecule has 0 saturated carbocycles. The fourth-order valence-electron chi connectivity index (χ4n) is 4.12. The SMILES string of the molecule is Cc1ccccc1-c1ccccc1CC(P)c1ccccc1-c1ccccc1C. The summed E-state index contributed by atoms with van der Waals surface area (Å²) in [5.74, 6) is 0. The molecular formula is C28H27P. The molecular weight excluding hydrogens is 367 g/mol. The number of benzene rings is 4. The molecule has 0 spiro atoms. The Bertz CT molecular complexity index is 1130. The van der Waals surface area contributed by atoms with Crippen LogP contribution in [-0.2, 0) is 6.42 Å². The number of rotatable bonds is 5. The Balaban J connectivity index is 1.72. The van der Waals surface area contributed by atoms with Gasteiger partial charge in [0.1, 0.15) is 0 Å². The van der Waals surface area contributed by atoms with E-state index in [-0.39, 0.29) is 0 Å². The summed E-state index contributed by atoms with van der Waals surface area (Å²) in [6, 6.07) is 35.0. The van der Waals surface area contributed by atoms with Gasteiger partial charge in [0.05, 0.1) is 0 Å². The largest absolute Gasteiger partial charge is 0.129 e. The third-order valence-corrected chi connectivity index (χ3v) is 6.28. The molecule has 0 N–H and O–H groups in total. The van der Waals surface area contributed by atoms with Gasteiger partial charge in [-0.3, -0.25) is 0 Å². The van der Waals surface area contributed by atoms with Crippen molar-refractivity contribution in [2.24, 2.45) is 0 Å². The van der Waals surface area contributed by atoms with Gasteiger partial charge < -0.3 is 0 Å². The van der Waals surface area contributed by atoms with E-state index < -0.39 is 0 Å². The highest BCUT2D eigenvalue weighted by Crippen LogP contribution is 2.38. The lowest BCUT2D eigenvalue weighted by Gasteiger charge is -2.20. The summed E-state index contributed by atoms with van der Waals surface area (Å²) < 4.78 is 0. The fraction of sp³-hybridized carbons (Fsp3) is 0.143. The van der Waals surface area contributed by atoms with Crippen LogP contribution < -0.4 is 0 Å². The number of hydrogen-bond donors (Lipinski definition) is 0. The van der Waals surface area contributed by atoms with E-state index in [2.05, 4.69) is 120 Å². The second-order valence-corrected chi connectivity index (χ2v) is 8.49. The van der Waals surface area contributed by atoms with Crippen LogP contribution in [0.3, 0.4) is 0 Å². The highest BCUT2D eigenvalue weighted by molar-refractivity contribution is 7.17. The van der Waals surface area contributed by atoms with Crippen LogP contribution in [0, 0.1) is 13.8 Å². The van der Waals surface area contributed by atoms with Crippen LogP contribution in [0.2, 0.25) is 0 Å². The van der Waals surface area contributed by atoms with Crippen LogP contribution in [0.15, 0.2) is 97.1 Å². The van der Waals surface area contributed by atoms with E-state index in [1.807, 2.05) is 0 Å². The Hall–Kier alpha value is -2.69. The van der Waals surface area contributed by atoms with Crippen molar-refractivity contribution in [1.29, 1.82) is 0 Å². The van der Waals surface area contributed by atoms with E-state index in [0.29, 0.717) is 5.66 Å². The minimum Gasteiger partial charge on any atom is -0.129 e. The average molecular weight is 394 g/mol. The highest BCUT2D eigenvalue weighted by Gasteiger charge is 2.16. The van der Waals surface area contributed by atoms with Crippen LogP contribution in [0.5, 0.6) is 0 Å². The fourth-order valence-corrected chi connectivity index (χ4v) is 4.67. The average Bonchev–Trinajstić information content (AvgIpc) is 2.75. The second-order valence-electron chi connectivity index (χ2n) is 7.68. The lowest BCUT2D eigenvalue weighted by molar-refractivity contribution is 0.936. The quantitative estimate of drug-likeness (QED) is 0.303. The van der Waals surface area contributed by atoms with E-state index in [1.165, 1.54) is 44.5 Å².